The summed E-state index contributed by atoms with van der Waals surface area (Å²) in [4.78, 5) is 0. The fraction of sp³-hybridized carbons (Fsp3) is 0.867. The summed E-state index contributed by atoms with van der Waals surface area (Å²) < 4.78 is 0. The first-order chi connectivity index (χ1) is 8.10. The largest absolute Gasteiger partial charge is 0.393 e. The Labute approximate surface area is 110 Å². The summed E-state index contributed by atoms with van der Waals surface area (Å²) in [6, 6.07) is 0. The van der Waals surface area contributed by atoms with Gasteiger partial charge in [-0.15, -0.1) is 0 Å². The molecule has 0 bridgehead atoms. The van der Waals surface area contributed by atoms with E-state index in [4.69, 9.17) is 0 Å². The Hall–Kier alpha value is -0.380. The quantitative estimate of drug-likeness (QED) is 0.627. The topological polar surface area (TPSA) is 60.7 Å². The van der Waals surface area contributed by atoms with Crippen LogP contribution in [0.3, 0.4) is 0 Å². The molecule has 3 nitrogen and oxygen atoms in total. The van der Waals surface area contributed by atoms with E-state index in [9.17, 15) is 15.3 Å². The van der Waals surface area contributed by atoms with E-state index in [1.54, 1.807) is 13.8 Å². The van der Waals surface area contributed by atoms with Gasteiger partial charge in [-0.1, -0.05) is 19.1 Å². The molecule has 0 radical (unpaired) electrons. The third-order valence-corrected chi connectivity index (χ3v) is 5.55. The minimum absolute atomic E-state index is 0.103. The Morgan fingerprint density at radius 2 is 1.94 bits per heavy atom. The highest BCUT2D eigenvalue weighted by Gasteiger charge is 2.56. The van der Waals surface area contributed by atoms with Crippen LogP contribution in [0.25, 0.3) is 0 Å². The van der Waals surface area contributed by atoms with Gasteiger partial charge in [0.2, 0.25) is 0 Å². The molecule has 0 heterocycles. The molecule has 2 fully saturated rings. The average molecular weight is 254 g/mol. The molecule has 104 valence electrons. The molecule has 2 aliphatic carbocycles. The lowest BCUT2D eigenvalue weighted by Crippen LogP contribution is -2.59. The van der Waals surface area contributed by atoms with Crippen LogP contribution in [0.5, 0.6) is 0 Å². The third-order valence-electron chi connectivity index (χ3n) is 5.55. The van der Waals surface area contributed by atoms with Gasteiger partial charge in [0.15, 0.2) is 0 Å². The van der Waals surface area contributed by atoms with E-state index in [1.165, 1.54) is 0 Å². The van der Waals surface area contributed by atoms with Gasteiger partial charge >= 0.3 is 0 Å². The zero-order chi connectivity index (χ0) is 13.8. The normalized spacial score (nSPS) is 45.8. The highest BCUT2D eigenvalue weighted by molar-refractivity contribution is 5.18. The summed E-state index contributed by atoms with van der Waals surface area (Å²) in [6.07, 6.45) is 3.05. The van der Waals surface area contributed by atoms with E-state index >= 15 is 0 Å². The molecule has 4 atom stereocenters. The van der Waals surface area contributed by atoms with Gasteiger partial charge < -0.3 is 15.3 Å². The second-order valence-electron chi connectivity index (χ2n) is 7.07. The minimum atomic E-state index is -1.11. The first-order valence-electron chi connectivity index (χ1n) is 6.91. The fourth-order valence-electron chi connectivity index (χ4n) is 3.71. The smallest absolute Gasteiger partial charge is 0.0934 e. The highest BCUT2D eigenvalue weighted by Crippen LogP contribution is 2.56. The number of allylic oxidation sites excluding steroid dienone is 1. The average Bonchev–Trinajstić information content (AvgIpc) is 2.26. The van der Waals surface area contributed by atoms with E-state index < -0.39 is 11.2 Å². The molecular weight excluding hydrogens is 228 g/mol. The summed E-state index contributed by atoms with van der Waals surface area (Å²) in [6.45, 7) is 9.54. The van der Waals surface area contributed by atoms with Crippen LogP contribution >= 0.6 is 0 Å². The number of aliphatic hydroxyl groups is 3. The molecule has 2 rings (SSSR count). The Morgan fingerprint density at radius 1 is 1.33 bits per heavy atom. The molecule has 3 heteroatoms. The van der Waals surface area contributed by atoms with E-state index in [0.29, 0.717) is 12.8 Å². The molecule has 0 amide bonds. The second-order valence-corrected chi connectivity index (χ2v) is 7.07. The van der Waals surface area contributed by atoms with Gasteiger partial charge in [0.1, 0.15) is 0 Å². The zero-order valence-corrected chi connectivity index (χ0v) is 11.7. The number of aliphatic hydroxyl groups excluding tert-OH is 1. The van der Waals surface area contributed by atoms with Crippen molar-refractivity contribution in [1.29, 1.82) is 0 Å². The van der Waals surface area contributed by atoms with Crippen molar-refractivity contribution in [3.63, 3.8) is 0 Å². The summed E-state index contributed by atoms with van der Waals surface area (Å²) in [5, 5.41) is 31.1. The van der Waals surface area contributed by atoms with Crippen molar-refractivity contribution in [3.05, 3.63) is 12.2 Å². The maximum atomic E-state index is 10.7. The van der Waals surface area contributed by atoms with Gasteiger partial charge in [0, 0.05) is 5.41 Å². The Morgan fingerprint density at radius 3 is 2.50 bits per heavy atom. The Bertz CT molecular complexity index is 357. The van der Waals surface area contributed by atoms with Crippen molar-refractivity contribution < 1.29 is 15.3 Å². The van der Waals surface area contributed by atoms with Crippen LogP contribution in [-0.2, 0) is 0 Å². The van der Waals surface area contributed by atoms with E-state index in [1.807, 2.05) is 0 Å². The molecule has 0 aromatic rings. The second kappa shape index (κ2) is 4.06. The SMILES string of the molecule is C=C1CC[C@@H](O)[C@]2(C)CC[C@@](O)(C(C)(C)O)C[C@@H]12. The monoisotopic (exact) mass is 254 g/mol. The molecule has 0 aromatic heterocycles. The maximum absolute atomic E-state index is 10.7. The standard InChI is InChI=1S/C15H26O3/c1-10-5-6-12(16)14(4)7-8-15(18,9-11(10)14)13(2,3)17/h11-12,16-18H,1,5-9H2,2-4H3/t11-,12+,14+,15-/m0/s1. The van der Waals surface area contributed by atoms with E-state index in [0.717, 1.165) is 24.8 Å². The maximum Gasteiger partial charge on any atom is 0.0934 e. The molecule has 0 spiro atoms. The highest BCUT2D eigenvalue weighted by atomic mass is 16.4. The van der Waals surface area contributed by atoms with Crippen molar-refractivity contribution in [2.24, 2.45) is 11.3 Å². The van der Waals surface area contributed by atoms with Crippen LogP contribution in [-0.4, -0.2) is 32.6 Å². The predicted molar refractivity (Wildman–Crippen MR) is 71.1 cm³/mol. The molecule has 2 saturated carbocycles. The van der Waals surface area contributed by atoms with Crippen LogP contribution in [0.1, 0.15) is 52.9 Å². The zero-order valence-electron chi connectivity index (χ0n) is 11.7. The van der Waals surface area contributed by atoms with Gasteiger partial charge in [-0.05, 0) is 51.9 Å². The lowest BCUT2D eigenvalue weighted by Gasteiger charge is -2.56. The van der Waals surface area contributed by atoms with Crippen molar-refractivity contribution in [2.45, 2.75) is 70.2 Å². The van der Waals surface area contributed by atoms with E-state index in [-0.39, 0.29) is 17.4 Å². The molecule has 18 heavy (non-hydrogen) atoms. The Kier molecular flexibility index (Phi) is 3.16. The number of rotatable bonds is 1. The third kappa shape index (κ3) is 1.93. The lowest BCUT2D eigenvalue weighted by atomic mass is 9.53. The molecule has 2 aliphatic rings. The molecule has 0 unspecified atom stereocenters. The molecule has 0 saturated heterocycles. The fourth-order valence-corrected chi connectivity index (χ4v) is 3.71. The van der Waals surface area contributed by atoms with Crippen molar-refractivity contribution in [3.8, 4) is 0 Å². The van der Waals surface area contributed by atoms with E-state index in [2.05, 4.69) is 13.5 Å². The van der Waals surface area contributed by atoms with Gasteiger partial charge in [-0.3, -0.25) is 0 Å². The Balaban J connectivity index is 2.30. The summed E-state index contributed by atoms with van der Waals surface area (Å²) in [5.41, 5.74) is -1.26. The van der Waals surface area contributed by atoms with Gasteiger partial charge in [0.05, 0.1) is 17.3 Å². The predicted octanol–water partition coefficient (Wildman–Crippen LogP) is 2.01. The van der Waals surface area contributed by atoms with Crippen LogP contribution < -0.4 is 0 Å². The number of hydrogen-bond donors (Lipinski definition) is 3. The lowest BCUT2D eigenvalue weighted by molar-refractivity contribution is -0.187. The molecular formula is C15H26O3. The van der Waals surface area contributed by atoms with Crippen LogP contribution in [0, 0.1) is 11.3 Å². The van der Waals surface area contributed by atoms with Crippen LogP contribution in [0.4, 0.5) is 0 Å². The summed E-state index contributed by atoms with van der Waals surface area (Å²) in [5.74, 6) is 0.103. The first-order valence-corrected chi connectivity index (χ1v) is 6.91. The molecule has 0 aliphatic heterocycles. The van der Waals surface area contributed by atoms with Crippen molar-refractivity contribution in [1.82, 2.24) is 0 Å². The van der Waals surface area contributed by atoms with Crippen molar-refractivity contribution >= 4 is 0 Å². The van der Waals surface area contributed by atoms with Crippen LogP contribution in [0.15, 0.2) is 12.2 Å². The molecule has 3 N–H and O–H groups in total. The number of fused-ring (bicyclic) bond motifs is 1. The molecule has 0 aromatic carbocycles. The number of hydrogen-bond acceptors (Lipinski definition) is 3. The van der Waals surface area contributed by atoms with Gasteiger partial charge in [-0.2, -0.15) is 0 Å². The van der Waals surface area contributed by atoms with Gasteiger partial charge in [0.25, 0.3) is 0 Å². The minimum Gasteiger partial charge on any atom is -0.393 e. The van der Waals surface area contributed by atoms with Crippen molar-refractivity contribution in [2.75, 3.05) is 0 Å². The summed E-state index contributed by atoms with van der Waals surface area (Å²) >= 11 is 0. The summed E-state index contributed by atoms with van der Waals surface area (Å²) in [7, 11) is 0. The van der Waals surface area contributed by atoms with Gasteiger partial charge in [-0.25, -0.2) is 0 Å². The van der Waals surface area contributed by atoms with Crippen LogP contribution in [0.2, 0.25) is 0 Å². The first kappa shape index (κ1) is 14.0.